The molecule has 0 bridgehead atoms. The number of ether oxygens (including phenoxy) is 1. The number of nitrogens with zero attached hydrogens (tertiary/aromatic N) is 1. The van der Waals surface area contributed by atoms with Gasteiger partial charge in [-0.1, -0.05) is 96.6 Å². The summed E-state index contributed by atoms with van der Waals surface area (Å²) in [6, 6.07) is 21.5. The van der Waals surface area contributed by atoms with Crippen LogP contribution in [0.5, 0.6) is 5.75 Å². The topological polar surface area (TPSA) is 14.2 Å². The molecule has 0 radical (unpaired) electrons. The number of benzene rings is 3. The van der Waals surface area contributed by atoms with Crippen molar-refractivity contribution in [2.75, 3.05) is 6.61 Å². The molecule has 0 unspecified atom stereocenters. The van der Waals surface area contributed by atoms with E-state index in [4.69, 9.17) is 4.74 Å². The first-order valence-corrected chi connectivity index (χ1v) is 14.4. The van der Waals surface area contributed by atoms with Crippen LogP contribution < -0.4 is 4.74 Å². The van der Waals surface area contributed by atoms with Crippen LogP contribution in [0.3, 0.4) is 0 Å². The molecule has 2 nitrogen and oxygen atoms in total. The molecule has 0 saturated heterocycles. The molecular formula is C30H35Br2NO. The normalized spacial score (nSPS) is 11.5. The zero-order valence-electron chi connectivity index (χ0n) is 20.2. The molecule has 180 valence electrons. The number of aromatic nitrogens is 1. The fourth-order valence-electron chi connectivity index (χ4n) is 4.72. The van der Waals surface area contributed by atoms with Crippen LogP contribution in [0.25, 0.3) is 27.5 Å². The van der Waals surface area contributed by atoms with E-state index in [0.717, 1.165) is 33.4 Å². The lowest BCUT2D eigenvalue weighted by molar-refractivity contribution is 0.304. The van der Waals surface area contributed by atoms with Gasteiger partial charge in [0.1, 0.15) is 5.75 Å². The van der Waals surface area contributed by atoms with Crippen molar-refractivity contribution >= 4 is 53.7 Å². The van der Waals surface area contributed by atoms with Crippen molar-refractivity contribution in [2.24, 2.45) is 0 Å². The number of hydrogen-bond donors (Lipinski definition) is 0. The fourth-order valence-corrected chi connectivity index (χ4v) is 5.44. The molecule has 0 aliphatic carbocycles. The first-order valence-electron chi connectivity index (χ1n) is 12.8. The molecule has 0 fully saturated rings. The van der Waals surface area contributed by atoms with E-state index in [2.05, 4.69) is 104 Å². The van der Waals surface area contributed by atoms with Gasteiger partial charge in [0.05, 0.1) is 17.6 Å². The standard InChI is InChI=1S/C30H35Br2NO/c1-2-3-4-5-6-7-8-9-10-11-20-34-26-16-14-25(15-17-26)33-29-18-12-23(31)21-27(29)28-22-24(32)13-19-30(28)33/h12-19,21-22H,2-11,20H2,1H3. The highest BCUT2D eigenvalue weighted by molar-refractivity contribution is 9.10. The number of halogens is 2. The summed E-state index contributed by atoms with van der Waals surface area (Å²) in [6.07, 6.45) is 13.4. The Bertz CT molecular complexity index is 1140. The summed E-state index contributed by atoms with van der Waals surface area (Å²) in [4.78, 5) is 0. The van der Waals surface area contributed by atoms with Crippen molar-refractivity contribution in [2.45, 2.75) is 71.1 Å². The van der Waals surface area contributed by atoms with Gasteiger partial charge in [-0.15, -0.1) is 0 Å². The Kier molecular flexibility index (Phi) is 9.52. The monoisotopic (exact) mass is 583 g/mol. The van der Waals surface area contributed by atoms with Gasteiger partial charge in [-0.05, 0) is 67.1 Å². The Labute approximate surface area is 220 Å². The summed E-state index contributed by atoms with van der Waals surface area (Å²) >= 11 is 7.27. The summed E-state index contributed by atoms with van der Waals surface area (Å²) in [5.41, 5.74) is 3.56. The van der Waals surface area contributed by atoms with Gasteiger partial charge in [0.25, 0.3) is 0 Å². The van der Waals surface area contributed by atoms with Crippen LogP contribution >= 0.6 is 31.9 Å². The maximum atomic E-state index is 6.04. The van der Waals surface area contributed by atoms with E-state index in [1.165, 1.54) is 79.6 Å². The van der Waals surface area contributed by atoms with Gasteiger partial charge < -0.3 is 9.30 Å². The lowest BCUT2D eigenvalue weighted by atomic mass is 10.1. The lowest BCUT2D eigenvalue weighted by Crippen LogP contribution is -1.98. The third kappa shape index (κ3) is 6.46. The zero-order valence-corrected chi connectivity index (χ0v) is 23.3. The second kappa shape index (κ2) is 12.8. The molecule has 0 atom stereocenters. The second-order valence-corrected chi connectivity index (χ2v) is 11.0. The Morgan fingerprint density at radius 1 is 0.618 bits per heavy atom. The first-order chi connectivity index (χ1) is 16.7. The molecule has 3 aromatic carbocycles. The molecular weight excluding hydrogens is 550 g/mol. The van der Waals surface area contributed by atoms with Crippen molar-refractivity contribution in [1.29, 1.82) is 0 Å². The summed E-state index contributed by atoms with van der Waals surface area (Å²) < 4.78 is 10.5. The average Bonchev–Trinajstić information content (AvgIpc) is 3.15. The minimum absolute atomic E-state index is 0.799. The average molecular weight is 585 g/mol. The van der Waals surface area contributed by atoms with E-state index >= 15 is 0 Å². The Morgan fingerprint density at radius 2 is 1.12 bits per heavy atom. The van der Waals surface area contributed by atoms with Gasteiger partial charge >= 0.3 is 0 Å². The van der Waals surface area contributed by atoms with E-state index in [1.54, 1.807) is 0 Å². The molecule has 0 saturated carbocycles. The van der Waals surface area contributed by atoms with Crippen LogP contribution in [0.15, 0.2) is 69.6 Å². The van der Waals surface area contributed by atoms with Gasteiger partial charge in [0, 0.05) is 25.4 Å². The van der Waals surface area contributed by atoms with E-state index < -0.39 is 0 Å². The first kappa shape index (κ1) is 25.3. The van der Waals surface area contributed by atoms with Crippen LogP contribution in [0.1, 0.15) is 71.1 Å². The molecule has 34 heavy (non-hydrogen) atoms. The summed E-state index contributed by atoms with van der Waals surface area (Å²) in [5, 5.41) is 2.49. The Balaban J connectivity index is 1.32. The molecule has 1 heterocycles. The quantitative estimate of drug-likeness (QED) is 0.142. The van der Waals surface area contributed by atoms with Crippen LogP contribution in [0.2, 0.25) is 0 Å². The summed E-state index contributed by atoms with van der Waals surface area (Å²) in [5.74, 6) is 0.950. The van der Waals surface area contributed by atoms with E-state index in [-0.39, 0.29) is 0 Å². The largest absolute Gasteiger partial charge is 0.494 e. The van der Waals surface area contributed by atoms with Gasteiger partial charge in [-0.25, -0.2) is 0 Å². The predicted molar refractivity (Wildman–Crippen MR) is 154 cm³/mol. The van der Waals surface area contributed by atoms with E-state index in [0.29, 0.717) is 0 Å². The molecule has 0 aliphatic heterocycles. The van der Waals surface area contributed by atoms with Crippen LogP contribution in [-0.2, 0) is 0 Å². The smallest absolute Gasteiger partial charge is 0.119 e. The highest BCUT2D eigenvalue weighted by Crippen LogP contribution is 2.35. The molecule has 0 aliphatic rings. The Hall–Kier alpha value is -1.78. The van der Waals surface area contributed by atoms with Gasteiger partial charge in [0.15, 0.2) is 0 Å². The van der Waals surface area contributed by atoms with Crippen molar-refractivity contribution < 1.29 is 4.74 Å². The molecule has 0 spiro atoms. The van der Waals surface area contributed by atoms with E-state index in [1.807, 2.05) is 0 Å². The second-order valence-electron chi connectivity index (χ2n) is 9.18. The molecule has 4 rings (SSSR count). The fraction of sp³-hybridized carbons (Fsp3) is 0.400. The molecule has 1 aromatic heterocycles. The minimum Gasteiger partial charge on any atom is -0.494 e. The lowest BCUT2D eigenvalue weighted by Gasteiger charge is -2.10. The van der Waals surface area contributed by atoms with Crippen LogP contribution in [0, 0.1) is 0 Å². The van der Waals surface area contributed by atoms with Crippen LogP contribution in [0.4, 0.5) is 0 Å². The molecule has 0 N–H and O–H groups in total. The van der Waals surface area contributed by atoms with Crippen molar-refractivity contribution in [1.82, 2.24) is 4.57 Å². The highest BCUT2D eigenvalue weighted by atomic mass is 79.9. The number of fused-ring (bicyclic) bond motifs is 3. The third-order valence-electron chi connectivity index (χ3n) is 6.55. The van der Waals surface area contributed by atoms with Gasteiger partial charge in [-0.2, -0.15) is 0 Å². The zero-order chi connectivity index (χ0) is 23.8. The van der Waals surface area contributed by atoms with Crippen molar-refractivity contribution in [3.63, 3.8) is 0 Å². The van der Waals surface area contributed by atoms with E-state index in [9.17, 15) is 0 Å². The number of rotatable bonds is 13. The summed E-state index contributed by atoms with van der Waals surface area (Å²) in [6.45, 7) is 3.08. The van der Waals surface area contributed by atoms with Crippen molar-refractivity contribution in [3.05, 3.63) is 69.6 Å². The Morgan fingerprint density at radius 3 is 1.65 bits per heavy atom. The number of unbranched alkanes of at least 4 members (excludes halogenated alkanes) is 9. The van der Waals surface area contributed by atoms with Crippen molar-refractivity contribution in [3.8, 4) is 11.4 Å². The maximum Gasteiger partial charge on any atom is 0.119 e. The number of hydrogen-bond acceptors (Lipinski definition) is 1. The van der Waals surface area contributed by atoms with Gasteiger partial charge in [0.2, 0.25) is 0 Å². The SMILES string of the molecule is CCCCCCCCCCCCOc1ccc(-n2c3ccc(Br)cc3c3cc(Br)ccc32)cc1. The van der Waals surface area contributed by atoms with Gasteiger partial charge in [-0.3, -0.25) is 0 Å². The molecule has 0 amide bonds. The third-order valence-corrected chi connectivity index (χ3v) is 7.54. The highest BCUT2D eigenvalue weighted by Gasteiger charge is 2.13. The minimum atomic E-state index is 0.799. The molecule has 4 heteroatoms. The molecule has 4 aromatic rings. The summed E-state index contributed by atoms with van der Waals surface area (Å²) in [7, 11) is 0. The van der Waals surface area contributed by atoms with Crippen LogP contribution in [-0.4, -0.2) is 11.2 Å². The maximum absolute atomic E-state index is 6.04. The predicted octanol–water partition coefficient (Wildman–Crippen LogP) is 10.6.